The van der Waals surface area contributed by atoms with E-state index in [-0.39, 0.29) is 1070 Å². The van der Waals surface area contributed by atoms with Crippen molar-refractivity contribution < 1.29 is 1100 Å². The van der Waals surface area contributed by atoms with Crippen LogP contribution >= 0.6 is 0 Å². The zero-order valence-corrected chi connectivity index (χ0v) is 151. The molecule has 104 heavy (non-hydrogen) atoms. The summed E-state index contributed by atoms with van der Waals surface area (Å²) >= 11 is 0. The number of Topliss-reactive ketones (excluding diaryl/α,β-unsaturated/α-hetero) is 3. The fourth-order valence-electron chi connectivity index (χ4n) is 10.6. The second kappa shape index (κ2) is 125. The van der Waals surface area contributed by atoms with Crippen LogP contribution in [0.3, 0.4) is 0 Å². The van der Waals surface area contributed by atoms with E-state index in [4.69, 9.17) is 33.2 Å². The van der Waals surface area contributed by atoms with E-state index in [0.29, 0.717) is 57.8 Å². The van der Waals surface area contributed by atoms with Crippen molar-refractivity contribution in [3.63, 3.8) is 0 Å². The van der Waals surface area contributed by atoms with Gasteiger partial charge in [0.2, 0.25) is 5.79 Å². The van der Waals surface area contributed by atoms with E-state index < -0.39 is 121 Å². The fraction of sp³-hybridized carbons (Fsp3) is 0.745. The maximum Gasteiger partial charge on any atom is 0.509 e. The number of fused-ring (bicyclic) bond motifs is 3. The third-order valence-electron chi connectivity index (χ3n) is 15.3. The third kappa shape index (κ3) is 83.3. The number of carbonyl (C=O) groups is 6. The average molecular weight is 3790 g/mol. The minimum absolute atomic E-state index is 0. The van der Waals surface area contributed by atoms with Crippen molar-refractivity contribution in [2.45, 2.75) is 186 Å². The van der Waals surface area contributed by atoms with Gasteiger partial charge in [0.1, 0.15) is 30.6 Å². The molecule has 505 valence electrons. The Kier molecular flexibility index (Phi) is 254. The Morgan fingerprint density at radius 2 is 1.13 bits per heavy atom. The molecule has 3 heterocycles. The van der Waals surface area contributed by atoms with Crippen molar-refractivity contribution in [2.75, 3.05) is 41.1 Å². The Morgan fingerprint density at radius 1 is 0.625 bits per heavy atom. The zero-order chi connectivity index (χ0) is 54.2. The van der Waals surface area contributed by atoms with E-state index in [2.05, 4.69) is 0 Å². The number of amides is 1. The van der Waals surface area contributed by atoms with Gasteiger partial charge in [0.05, 0.1) is 31.0 Å². The summed E-state index contributed by atoms with van der Waals surface area (Å²) < 4.78 is 40.4. The van der Waals surface area contributed by atoms with Gasteiger partial charge in [-0.3, -0.25) is 19.2 Å². The molecule has 0 aromatic heterocycles. The summed E-state index contributed by atoms with van der Waals surface area (Å²) in [4.78, 5) is 86.1. The Labute approximate surface area is 1400 Å². The Hall–Kier alpha value is 30.1. The van der Waals surface area contributed by atoms with Gasteiger partial charge in [-0.1, -0.05) is 71.1 Å². The molecule has 4 aliphatic rings. The van der Waals surface area contributed by atoms with E-state index in [1.54, 1.807) is 48.0 Å². The molecule has 16 atom stereocenters. The number of ether oxygens (including phenoxy) is 7. The van der Waals surface area contributed by atoms with Crippen LogP contribution in [-0.2, 0) is 1070 Å². The number of piperidine rings is 1. The second-order valence-corrected chi connectivity index (χ2v) is 21.1. The van der Waals surface area contributed by atoms with Crippen molar-refractivity contribution >= 4 is 35.4 Å². The van der Waals surface area contributed by atoms with Gasteiger partial charge in [0, 0.05) is 1070 Å². The molecule has 3 fully saturated rings. The largest absolute Gasteiger partial charge is 0.509 e. The molecule has 0 aromatic carbocycles. The molecule has 4 N–H and O–H groups in total. The van der Waals surface area contributed by atoms with Crippen molar-refractivity contribution in [2.24, 2.45) is 35.5 Å². The Bertz CT molecular complexity index is 2070. The maximum atomic E-state index is 14.5. The standard InChI is InChI=1S/C55H85NO17.31Y/c1-32-16-12-11-13-17-33(2)45(67-8)28-41-21-19-38(7)55(66,73-41)51(62)52(63)56-23-15-14-18-42(56)53(64)71-46(35(4)26-39-20-22-43(59)47(27-39)68-9)29-44(60)34(3)25-37(6)49(50(69-10)48(61)36(5)24-32)72-54(65)70-31-40(58)30-57;;;;;;;;;;;;;;;;;;;;;;;;;;;;;;;/h11-13,16-17,25,32,34-36,38-43,45-47,49-50,57-59,66H,14-15,18-24,26-31H2,1-10H3;;;;;;;;;;;;;;;;;;;;;;;;;;;;;;;/b13-11?,16-12+,33-17?,37-25+;;;;;;;;;;;;;;;;;;;;;;;;;;;;;;;/t32-,34-,35-,36-,38-,39+,40?,41?,42?,43-,45+,46+,47-,49-,50+,55-;;;;;;;;;;;;;;;;;;;;;;;;;;;;;;;/m1.............................../s1. The second-order valence-electron chi connectivity index (χ2n) is 21.1. The summed E-state index contributed by atoms with van der Waals surface area (Å²) in [7, 11) is 4.40. The van der Waals surface area contributed by atoms with E-state index in [0.717, 1.165) is 10.5 Å². The number of ketones is 3. The first-order chi connectivity index (χ1) is 34.6. The molecule has 4 rings (SSSR count). The molecular formula is C55H85NO17Y31. The van der Waals surface area contributed by atoms with Gasteiger partial charge >= 0.3 is 12.1 Å². The molecule has 49 heteroatoms. The van der Waals surface area contributed by atoms with Gasteiger partial charge in [-0.2, -0.15) is 0 Å². The minimum atomic E-state index is -2.47. The third-order valence-corrected chi connectivity index (χ3v) is 15.3. The first kappa shape index (κ1) is 211. The summed E-state index contributed by atoms with van der Waals surface area (Å²) in [6.07, 6.45) is 7.05. The monoisotopic (exact) mass is 3790 g/mol. The van der Waals surface area contributed by atoms with Crippen LogP contribution < -0.4 is 0 Å². The van der Waals surface area contributed by atoms with E-state index in [1.165, 1.54) is 7.11 Å². The number of methoxy groups -OCH3 is 3. The number of rotatable bonds is 10. The number of aliphatic hydroxyl groups excluding tert-OH is 3. The predicted octanol–water partition coefficient (Wildman–Crippen LogP) is 5.62. The van der Waals surface area contributed by atoms with Crippen molar-refractivity contribution in [3.8, 4) is 0 Å². The van der Waals surface area contributed by atoms with Crippen LogP contribution in [0.15, 0.2) is 47.6 Å². The van der Waals surface area contributed by atoms with Crippen LogP contribution in [0.25, 0.3) is 0 Å². The van der Waals surface area contributed by atoms with Crippen LogP contribution in [0.5, 0.6) is 0 Å². The number of allylic oxidation sites excluding steroid dienone is 6. The quantitative estimate of drug-likeness (QED) is 0.118. The topological polar surface area (TPSA) is 251 Å². The Balaban J connectivity index is -0.0000000717. The van der Waals surface area contributed by atoms with Gasteiger partial charge in [0.15, 0.2) is 18.0 Å². The average Bonchev–Trinajstić information content (AvgIpc) is 3.37. The number of aliphatic hydroxyl groups is 4. The van der Waals surface area contributed by atoms with Gasteiger partial charge < -0.3 is 58.5 Å². The number of hydrogen-bond donors (Lipinski definition) is 4. The molecule has 31 radical (unpaired) electrons. The van der Waals surface area contributed by atoms with Crippen LogP contribution in [0.2, 0.25) is 0 Å². The van der Waals surface area contributed by atoms with Crippen molar-refractivity contribution in [3.05, 3.63) is 47.6 Å². The maximum absolute atomic E-state index is 14.5. The summed E-state index contributed by atoms with van der Waals surface area (Å²) in [6.45, 7) is 11.1. The molecule has 3 unspecified atom stereocenters. The van der Waals surface area contributed by atoms with E-state index in [1.807, 2.05) is 51.2 Å². The number of cyclic esters (lactones) is 1. The molecule has 1 amide bonds. The summed E-state index contributed by atoms with van der Waals surface area (Å²) in [5.41, 5.74) is 1.11. The first-order valence-corrected chi connectivity index (χ1v) is 26.2. The van der Waals surface area contributed by atoms with Gasteiger partial charge in [-0.15, -0.1) is 0 Å². The Morgan fingerprint density at radius 3 is 1.61 bits per heavy atom. The molecule has 2 bridgehead atoms. The SMILES string of the molecule is CO[C@H]1CC2CC[C@@H](C)[C@@](O)(O2)C(=O)C(=O)N2CCCCC2C(=O)O[C@H]([C@H](C)C[C@@H]2CC[C@@H](O)[C@H](OC)C2)CC(=O)[C@H](C)/C=C(\C)[C@@H](OC(=O)OCC(O)CO)[C@@H](OC)C(=O)[C@H](C)C[C@H](C)/C=C/C=CC=C1C.[Y].[Y].[Y].[Y].[Y].[Y].[Y].[Y].[Y].[Y].[Y].[Y].[Y].[Y].[Y].[Y].[Y].[Y].[Y].[Y].[Y].[Y].[Y].[Y].[Y].[Y].[Y].[Y].[Y].[Y].[Y]. The summed E-state index contributed by atoms with van der Waals surface area (Å²) in [6, 6.07) is -1.20. The van der Waals surface area contributed by atoms with Crippen LogP contribution in [0.4, 0.5) is 4.79 Å². The fourth-order valence-corrected chi connectivity index (χ4v) is 10.6. The van der Waals surface area contributed by atoms with Crippen LogP contribution in [0, 0.1) is 35.5 Å². The van der Waals surface area contributed by atoms with E-state index in [9.17, 15) is 49.2 Å². The molecule has 0 spiro atoms. The number of nitrogens with zero attached hydrogens (tertiary/aromatic N) is 1. The number of esters is 1. The predicted molar refractivity (Wildman–Crippen MR) is 268 cm³/mol. The molecule has 18 nitrogen and oxygen atoms in total. The normalized spacial score (nSPS) is 25.6. The first-order valence-electron chi connectivity index (χ1n) is 26.2. The minimum Gasteiger partial charge on any atom is -0.460 e. The number of carbonyl (C=O) groups excluding carboxylic acids is 6. The summed E-state index contributed by atoms with van der Waals surface area (Å²) in [5, 5.41) is 41.7. The molecule has 0 aromatic rings. The molecule has 1 aliphatic carbocycles. The van der Waals surface area contributed by atoms with Gasteiger partial charge in [-0.25, -0.2) is 9.59 Å². The molecule has 1 saturated carbocycles. The van der Waals surface area contributed by atoms with Gasteiger partial charge in [-0.05, 0) is 107 Å². The van der Waals surface area contributed by atoms with Crippen molar-refractivity contribution in [1.82, 2.24) is 4.90 Å². The zero-order valence-electron chi connectivity index (χ0n) is 62.7. The number of hydrogen-bond acceptors (Lipinski definition) is 17. The van der Waals surface area contributed by atoms with E-state index >= 15 is 0 Å². The van der Waals surface area contributed by atoms with Crippen molar-refractivity contribution in [1.29, 1.82) is 0 Å². The molecular weight excluding hydrogens is 3700 g/mol. The summed E-state index contributed by atoms with van der Waals surface area (Å²) in [5.74, 6) is -8.98. The molecule has 2 saturated heterocycles. The molecule has 3 aliphatic heterocycles. The van der Waals surface area contributed by atoms with Crippen LogP contribution in [0.1, 0.15) is 126 Å². The van der Waals surface area contributed by atoms with Crippen LogP contribution in [-0.4, -0.2) is 162 Å². The smallest absolute Gasteiger partial charge is 0.460 e. The van der Waals surface area contributed by atoms with Gasteiger partial charge in [0.25, 0.3) is 11.7 Å².